The van der Waals surface area contributed by atoms with Crippen molar-refractivity contribution in [2.45, 2.75) is 25.4 Å². The summed E-state index contributed by atoms with van der Waals surface area (Å²) in [5, 5.41) is 7.71. The minimum Gasteiger partial charge on any atom is -0.364 e. The van der Waals surface area contributed by atoms with Gasteiger partial charge < -0.3 is 9.30 Å². The molecule has 2 aromatic rings. The summed E-state index contributed by atoms with van der Waals surface area (Å²) in [6, 6.07) is 8.30. The number of nitrogens with zero attached hydrogens (tertiary/aromatic N) is 4. The summed E-state index contributed by atoms with van der Waals surface area (Å²) < 4.78 is 7.58. The van der Waals surface area contributed by atoms with Crippen molar-refractivity contribution < 1.29 is 9.53 Å². The molecule has 0 saturated heterocycles. The number of aryl methyl sites for hydroxylation is 2. The van der Waals surface area contributed by atoms with E-state index in [2.05, 4.69) is 22.3 Å². The van der Waals surface area contributed by atoms with Gasteiger partial charge in [-0.15, -0.1) is 10.2 Å². The van der Waals surface area contributed by atoms with Crippen molar-refractivity contribution in [2.24, 2.45) is 7.05 Å². The molecule has 1 atom stereocenters. The fraction of sp³-hybridized carbons (Fsp3) is 0.438. The maximum atomic E-state index is 12.3. The molecule has 1 amide bonds. The molecule has 1 aromatic carbocycles. The molecule has 1 aliphatic rings. The van der Waals surface area contributed by atoms with Crippen LogP contribution in [0.5, 0.6) is 0 Å². The highest BCUT2D eigenvalue weighted by Crippen LogP contribution is 2.32. The molecular formula is C16H20N4O2. The van der Waals surface area contributed by atoms with Gasteiger partial charge in [-0.25, -0.2) is 0 Å². The summed E-state index contributed by atoms with van der Waals surface area (Å²) in [4.78, 5) is 13.7. The van der Waals surface area contributed by atoms with Gasteiger partial charge in [0.1, 0.15) is 12.9 Å². The van der Waals surface area contributed by atoms with Crippen LogP contribution in [0.3, 0.4) is 0 Å². The van der Waals surface area contributed by atoms with Crippen LogP contribution in [0.2, 0.25) is 0 Å². The zero-order valence-corrected chi connectivity index (χ0v) is 12.9. The molecule has 1 heterocycles. The lowest BCUT2D eigenvalue weighted by Crippen LogP contribution is -2.33. The largest absolute Gasteiger partial charge is 0.364 e. The summed E-state index contributed by atoms with van der Waals surface area (Å²) in [5.74, 6) is 0.386. The third-order valence-corrected chi connectivity index (χ3v) is 4.08. The van der Waals surface area contributed by atoms with E-state index >= 15 is 0 Å². The molecule has 6 nitrogen and oxygen atoms in total. The number of hydrogen-bond donors (Lipinski definition) is 0. The number of ether oxygens (including phenoxy) is 1. The molecule has 1 aliphatic carbocycles. The lowest BCUT2D eigenvalue weighted by molar-refractivity contribution is -0.125. The Balaban J connectivity index is 1.64. The van der Waals surface area contributed by atoms with Gasteiger partial charge in [0.25, 0.3) is 5.91 Å². The summed E-state index contributed by atoms with van der Waals surface area (Å²) in [6.07, 6.45) is 4.70. The van der Waals surface area contributed by atoms with Gasteiger partial charge in [-0.3, -0.25) is 9.69 Å². The normalized spacial score (nSPS) is 17.1. The highest BCUT2D eigenvalue weighted by molar-refractivity contribution is 5.92. The van der Waals surface area contributed by atoms with Crippen molar-refractivity contribution in [3.63, 3.8) is 0 Å². The van der Waals surface area contributed by atoms with E-state index < -0.39 is 0 Å². The second-order valence-corrected chi connectivity index (χ2v) is 5.59. The van der Waals surface area contributed by atoms with Crippen LogP contribution in [0.1, 0.15) is 30.1 Å². The minimum atomic E-state index is -0.126. The number of benzene rings is 1. The average molecular weight is 300 g/mol. The topological polar surface area (TPSA) is 60.3 Å². The fourth-order valence-corrected chi connectivity index (χ4v) is 2.84. The van der Waals surface area contributed by atoms with Gasteiger partial charge in [-0.2, -0.15) is 0 Å². The number of rotatable bonds is 4. The van der Waals surface area contributed by atoms with Crippen molar-refractivity contribution in [1.82, 2.24) is 14.8 Å². The summed E-state index contributed by atoms with van der Waals surface area (Å²) in [7, 11) is 3.49. The van der Waals surface area contributed by atoms with Gasteiger partial charge in [0.15, 0.2) is 0 Å². The van der Waals surface area contributed by atoms with Gasteiger partial charge in [0.05, 0.1) is 6.10 Å². The zero-order valence-electron chi connectivity index (χ0n) is 12.9. The Hall–Kier alpha value is -2.21. The molecule has 116 valence electrons. The van der Waals surface area contributed by atoms with E-state index in [-0.39, 0.29) is 18.6 Å². The van der Waals surface area contributed by atoms with E-state index in [0.29, 0.717) is 5.95 Å². The number of hydrogen-bond acceptors (Lipinski definition) is 4. The number of likely N-dealkylation sites (N-methyl/N-ethyl adjacent to an activating group) is 1. The zero-order chi connectivity index (χ0) is 15.5. The SMILES string of the molecule is CN(C(=O)CO[C@@H]1CCCc2ccccc21)c1nncn1C. The predicted octanol–water partition coefficient (Wildman–Crippen LogP) is 1.87. The Morgan fingerprint density at radius 1 is 1.45 bits per heavy atom. The molecule has 1 aromatic heterocycles. The van der Waals surface area contributed by atoms with Crippen molar-refractivity contribution in [3.05, 3.63) is 41.7 Å². The van der Waals surface area contributed by atoms with Crippen LogP contribution in [0.15, 0.2) is 30.6 Å². The van der Waals surface area contributed by atoms with Gasteiger partial charge in [0.2, 0.25) is 5.95 Å². The standard InChI is InChI=1S/C16H20N4O2/c1-19-11-17-18-16(19)20(2)15(21)10-22-14-9-5-7-12-6-3-4-8-13(12)14/h3-4,6,8,11,14H,5,7,9-10H2,1-2H3/t14-/m1/s1. The number of aromatic nitrogens is 3. The first-order chi connectivity index (χ1) is 10.7. The second-order valence-electron chi connectivity index (χ2n) is 5.59. The summed E-state index contributed by atoms with van der Waals surface area (Å²) in [6.45, 7) is 0.0440. The van der Waals surface area contributed by atoms with E-state index in [9.17, 15) is 4.79 Å². The van der Waals surface area contributed by atoms with Gasteiger partial charge in [-0.05, 0) is 30.4 Å². The molecule has 0 spiro atoms. The average Bonchev–Trinajstić information content (AvgIpc) is 2.97. The number of carbonyl (C=O) groups is 1. The van der Waals surface area contributed by atoms with Gasteiger partial charge in [-0.1, -0.05) is 24.3 Å². The van der Waals surface area contributed by atoms with Crippen molar-refractivity contribution in [3.8, 4) is 0 Å². The quantitative estimate of drug-likeness (QED) is 0.865. The number of fused-ring (bicyclic) bond motifs is 1. The smallest absolute Gasteiger partial charge is 0.255 e. The van der Waals surface area contributed by atoms with Crippen LogP contribution < -0.4 is 4.90 Å². The maximum absolute atomic E-state index is 12.3. The molecule has 0 aliphatic heterocycles. The lowest BCUT2D eigenvalue weighted by Gasteiger charge is -2.26. The molecule has 0 unspecified atom stereocenters. The molecule has 0 saturated carbocycles. The monoisotopic (exact) mass is 300 g/mol. The van der Waals surface area contributed by atoms with Crippen LogP contribution in [0, 0.1) is 0 Å². The predicted molar refractivity (Wildman–Crippen MR) is 82.5 cm³/mol. The first-order valence-electron chi connectivity index (χ1n) is 7.47. The van der Waals surface area contributed by atoms with E-state index in [1.54, 1.807) is 25.0 Å². The van der Waals surface area contributed by atoms with E-state index in [4.69, 9.17) is 4.74 Å². The summed E-state index contributed by atoms with van der Waals surface area (Å²) in [5.41, 5.74) is 2.54. The molecule has 0 radical (unpaired) electrons. The molecule has 6 heteroatoms. The Kier molecular flexibility index (Phi) is 4.20. The Labute approximate surface area is 129 Å². The highest BCUT2D eigenvalue weighted by Gasteiger charge is 2.23. The van der Waals surface area contributed by atoms with Crippen LogP contribution in [-0.4, -0.2) is 34.3 Å². The van der Waals surface area contributed by atoms with Crippen molar-refractivity contribution >= 4 is 11.9 Å². The maximum Gasteiger partial charge on any atom is 0.255 e. The van der Waals surface area contributed by atoms with Gasteiger partial charge in [0, 0.05) is 14.1 Å². The Bertz CT molecular complexity index is 668. The Morgan fingerprint density at radius 2 is 2.27 bits per heavy atom. The van der Waals surface area contributed by atoms with Crippen LogP contribution in [0.25, 0.3) is 0 Å². The molecule has 0 N–H and O–H groups in total. The van der Waals surface area contributed by atoms with Crippen LogP contribution in [0.4, 0.5) is 5.95 Å². The van der Waals surface area contributed by atoms with Crippen LogP contribution >= 0.6 is 0 Å². The highest BCUT2D eigenvalue weighted by atomic mass is 16.5. The molecule has 0 bridgehead atoms. The minimum absolute atomic E-state index is 0.00166. The third-order valence-electron chi connectivity index (χ3n) is 4.08. The molecule has 22 heavy (non-hydrogen) atoms. The summed E-state index contributed by atoms with van der Waals surface area (Å²) >= 11 is 0. The third kappa shape index (κ3) is 2.87. The second kappa shape index (κ2) is 6.27. The molecule has 3 rings (SSSR count). The van der Waals surface area contributed by atoms with Crippen LogP contribution in [-0.2, 0) is 23.0 Å². The Morgan fingerprint density at radius 3 is 3.05 bits per heavy atom. The van der Waals surface area contributed by atoms with Crippen molar-refractivity contribution in [1.29, 1.82) is 0 Å². The fourth-order valence-electron chi connectivity index (χ4n) is 2.84. The first kappa shape index (κ1) is 14.7. The van der Waals surface area contributed by atoms with Crippen molar-refractivity contribution in [2.75, 3.05) is 18.6 Å². The lowest BCUT2D eigenvalue weighted by atomic mass is 9.89. The number of anilines is 1. The van der Waals surface area contributed by atoms with E-state index in [0.717, 1.165) is 19.3 Å². The number of carbonyl (C=O) groups excluding carboxylic acids is 1. The molecular weight excluding hydrogens is 280 g/mol. The number of amides is 1. The van der Waals surface area contributed by atoms with E-state index in [1.165, 1.54) is 16.0 Å². The van der Waals surface area contributed by atoms with E-state index in [1.807, 2.05) is 12.1 Å². The first-order valence-corrected chi connectivity index (χ1v) is 7.47. The molecule has 0 fully saturated rings. The van der Waals surface area contributed by atoms with Gasteiger partial charge >= 0.3 is 0 Å².